The molecule has 4 rings (SSSR count). The fourth-order valence-corrected chi connectivity index (χ4v) is 4.13. The minimum atomic E-state index is -1.01. The lowest BCUT2D eigenvalue weighted by molar-refractivity contribution is -0.384. The molecule has 1 heterocycles. The summed E-state index contributed by atoms with van der Waals surface area (Å²) in [7, 11) is 0. The molecule has 1 aliphatic rings. The van der Waals surface area contributed by atoms with Gasteiger partial charge in [0.25, 0.3) is 5.69 Å². The maximum absolute atomic E-state index is 12.9. The van der Waals surface area contributed by atoms with E-state index in [2.05, 4.69) is 0 Å². The Morgan fingerprint density at radius 3 is 2.24 bits per heavy atom. The van der Waals surface area contributed by atoms with Crippen LogP contribution < -0.4 is 4.90 Å². The number of carbonyl (C=O) groups excluding carboxylic acids is 1. The summed E-state index contributed by atoms with van der Waals surface area (Å²) in [5.74, 6) is -0.275. The molecule has 7 heteroatoms. The van der Waals surface area contributed by atoms with Gasteiger partial charge in [0.1, 0.15) is 5.69 Å². The number of nitro groups is 1. The Labute approximate surface area is 192 Å². The van der Waals surface area contributed by atoms with E-state index in [1.165, 1.54) is 6.07 Å². The van der Waals surface area contributed by atoms with E-state index in [1.54, 1.807) is 36.4 Å². The largest absolute Gasteiger partial charge is 0.388 e. The molecule has 1 saturated heterocycles. The Hall–Kier alpha value is -3.55. The molecule has 170 valence electrons. The molecule has 0 aromatic heterocycles. The summed E-state index contributed by atoms with van der Waals surface area (Å²) in [5.41, 5.74) is 0.876. The predicted molar refractivity (Wildman–Crippen MR) is 125 cm³/mol. The van der Waals surface area contributed by atoms with Gasteiger partial charge in [-0.3, -0.25) is 14.9 Å². The van der Waals surface area contributed by atoms with Crippen molar-refractivity contribution in [3.63, 3.8) is 0 Å². The number of hydrogen-bond donors (Lipinski definition) is 1. The summed E-state index contributed by atoms with van der Waals surface area (Å²) in [6, 6.07) is 22.9. The second-order valence-electron chi connectivity index (χ2n) is 8.33. The highest BCUT2D eigenvalue weighted by atomic mass is 16.6. The zero-order valence-corrected chi connectivity index (χ0v) is 18.2. The molecule has 0 atom stereocenters. The summed E-state index contributed by atoms with van der Waals surface area (Å²) in [4.78, 5) is 26.3. The molecule has 0 radical (unpaired) electrons. The Morgan fingerprint density at radius 2 is 1.61 bits per heavy atom. The standard InChI is InChI=1S/C26H26N2O5/c29-25(21-9-5-2-6-10-21)22-11-12-23(24(17-22)28(31)32)27(18-20-7-3-1-4-8-20)19-26(30)13-15-33-16-14-26/h1-12,17,30H,13-16,18-19H2. The van der Waals surface area contributed by atoms with Crippen molar-refractivity contribution in [2.45, 2.75) is 25.0 Å². The van der Waals surface area contributed by atoms with Gasteiger partial charge in [0.15, 0.2) is 5.78 Å². The van der Waals surface area contributed by atoms with E-state index in [1.807, 2.05) is 41.3 Å². The van der Waals surface area contributed by atoms with E-state index < -0.39 is 10.5 Å². The first-order valence-electron chi connectivity index (χ1n) is 10.9. The zero-order chi connectivity index (χ0) is 23.3. The van der Waals surface area contributed by atoms with Gasteiger partial charge < -0.3 is 14.7 Å². The number of rotatable bonds is 8. The Morgan fingerprint density at radius 1 is 0.970 bits per heavy atom. The molecular weight excluding hydrogens is 420 g/mol. The molecule has 1 aliphatic heterocycles. The fraction of sp³-hybridized carbons (Fsp3) is 0.269. The molecule has 1 N–H and O–H groups in total. The lowest BCUT2D eigenvalue weighted by Crippen LogP contribution is -2.47. The van der Waals surface area contributed by atoms with Crippen LogP contribution in [0.1, 0.15) is 34.3 Å². The van der Waals surface area contributed by atoms with E-state index >= 15 is 0 Å². The van der Waals surface area contributed by atoms with E-state index in [0.717, 1.165) is 5.56 Å². The Balaban J connectivity index is 1.71. The highest BCUT2D eigenvalue weighted by molar-refractivity contribution is 6.09. The Bertz CT molecular complexity index is 1110. The van der Waals surface area contributed by atoms with Crippen LogP contribution >= 0.6 is 0 Å². The van der Waals surface area contributed by atoms with Gasteiger partial charge in [-0.2, -0.15) is 0 Å². The number of nitro benzene ring substituents is 1. The van der Waals surface area contributed by atoms with E-state index in [0.29, 0.717) is 43.9 Å². The molecule has 0 spiro atoms. The SMILES string of the molecule is O=C(c1ccccc1)c1ccc(N(Cc2ccccc2)CC2(O)CCOCC2)c([N+](=O)[O-])c1. The van der Waals surface area contributed by atoms with Crippen LogP contribution in [0.2, 0.25) is 0 Å². The van der Waals surface area contributed by atoms with Crippen molar-refractivity contribution in [3.8, 4) is 0 Å². The van der Waals surface area contributed by atoms with Crippen LogP contribution in [0.5, 0.6) is 0 Å². The van der Waals surface area contributed by atoms with Crippen molar-refractivity contribution in [3.05, 3.63) is 106 Å². The van der Waals surface area contributed by atoms with Gasteiger partial charge in [-0.1, -0.05) is 60.7 Å². The molecule has 1 fully saturated rings. The van der Waals surface area contributed by atoms with Gasteiger partial charge in [-0.25, -0.2) is 0 Å². The highest BCUT2D eigenvalue weighted by Gasteiger charge is 2.34. The minimum absolute atomic E-state index is 0.164. The van der Waals surface area contributed by atoms with Gasteiger partial charge in [0, 0.05) is 56.3 Å². The monoisotopic (exact) mass is 446 g/mol. The van der Waals surface area contributed by atoms with Crippen molar-refractivity contribution in [1.29, 1.82) is 0 Å². The van der Waals surface area contributed by atoms with E-state index in [4.69, 9.17) is 4.74 Å². The summed E-state index contributed by atoms with van der Waals surface area (Å²) < 4.78 is 5.39. The van der Waals surface area contributed by atoms with E-state index in [9.17, 15) is 20.0 Å². The highest BCUT2D eigenvalue weighted by Crippen LogP contribution is 2.34. The first kappa shape index (κ1) is 22.6. The van der Waals surface area contributed by atoms with Gasteiger partial charge in [-0.15, -0.1) is 0 Å². The van der Waals surface area contributed by atoms with Gasteiger partial charge >= 0.3 is 0 Å². The van der Waals surface area contributed by atoms with Crippen LogP contribution in [-0.2, 0) is 11.3 Å². The number of hydrogen-bond acceptors (Lipinski definition) is 6. The van der Waals surface area contributed by atoms with Crippen molar-refractivity contribution >= 4 is 17.2 Å². The normalized spacial score (nSPS) is 15.1. The third kappa shape index (κ3) is 5.45. The summed E-state index contributed by atoms with van der Waals surface area (Å²) in [5, 5.41) is 23.2. The molecule has 0 aliphatic carbocycles. The quantitative estimate of drug-likeness (QED) is 0.314. The number of nitrogens with zero attached hydrogens (tertiary/aromatic N) is 2. The molecule has 3 aromatic rings. The van der Waals surface area contributed by atoms with Crippen LogP contribution in [-0.4, -0.2) is 41.2 Å². The third-order valence-corrected chi connectivity index (χ3v) is 5.94. The van der Waals surface area contributed by atoms with Gasteiger partial charge in [0.2, 0.25) is 0 Å². The fourth-order valence-electron chi connectivity index (χ4n) is 4.13. The topological polar surface area (TPSA) is 92.9 Å². The summed E-state index contributed by atoms with van der Waals surface area (Å²) >= 11 is 0. The van der Waals surface area contributed by atoms with Gasteiger partial charge in [-0.05, 0) is 17.7 Å². The number of aliphatic hydroxyl groups is 1. The lowest BCUT2D eigenvalue weighted by atomic mass is 9.93. The van der Waals surface area contributed by atoms with Crippen LogP contribution in [0.15, 0.2) is 78.9 Å². The van der Waals surface area contributed by atoms with Crippen LogP contribution in [0.25, 0.3) is 0 Å². The average molecular weight is 447 g/mol. The molecule has 3 aromatic carbocycles. The molecule has 0 bridgehead atoms. The van der Waals surface area contributed by atoms with Crippen molar-refractivity contribution < 1.29 is 19.6 Å². The van der Waals surface area contributed by atoms with Crippen molar-refractivity contribution in [2.75, 3.05) is 24.7 Å². The number of ketones is 1. The zero-order valence-electron chi connectivity index (χ0n) is 18.2. The smallest absolute Gasteiger partial charge is 0.293 e. The second kappa shape index (κ2) is 9.94. The number of benzene rings is 3. The first-order chi connectivity index (χ1) is 16.0. The number of ether oxygens (including phenoxy) is 1. The van der Waals surface area contributed by atoms with Gasteiger partial charge in [0.05, 0.1) is 10.5 Å². The maximum Gasteiger partial charge on any atom is 0.293 e. The van der Waals surface area contributed by atoms with Crippen LogP contribution in [0.4, 0.5) is 11.4 Å². The molecule has 7 nitrogen and oxygen atoms in total. The predicted octanol–water partition coefficient (Wildman–Crippen LogP) is 4.37. The average Bonchev–Trinajstić information content (AvgIpc) is 2.84. The molecule has 0 amide bonds. The number of anilines is 1. The molecule has 0 saturated carbocycles. The summed E-state index contributed by atoms with van der Waals surface area (Å²) in [6.45, 7) is 1.50. The Kier molecular flexibility index (Phi) is 6.82. The second-order valence-corrected chi connectivity index (χ2v) is 8.33. The van der Waals surface area contributed by atoms with Crippen LogP contribution in [0.3, 0.4) is 0 Å². The van der Waals surface area contributed by atoms with Crippen molar-refractivity contribution in [2.24, 2.45) is 0 Å². The first-order valence-corrected chi connectivity index (χ1v) is 10.9. The molecule has 0 unspecified atom stereocenters. The van der Waals surface area contributed by atoms with Crippen LogP contribution in [0, 0.1) is 10.1 Å². The maximum atomic E-state index is 12.9. The minimum Gasteiger partial charge on any atom is -0.388 e. The molecule has 33 heavy (non-hydrogen) atoms. The summed E-state index contributed by atoms with van der Waals surface area (Å²) in [6.07, 6.45) is 0.910. The third-order valence-electron chi connectivity index (χ3n) is 5.94. The van der Waals surface area contributed by atoms with Crippen molar-refractivity contribution in [1.82, 2.24) is 0 Å². The number of carbonyl (C=O) groups is 1. The molecular formula is C26H26N2O5. The lowest BCUT2D eigenvalue weighted by Gasteiger charge is -2.37. The van der Waals surface area contributed by atoms with E-state index in [-0.39, 0.29) is 23.6 Å².